The number of aromatic nitrogens is 3. The molecule has 0 radical (unpaired) electrons. The number of rotatable bonds is 8. The summed E-state index contributed by atoms with van der Waals surface area (Å²) in [4.78, 5) is 13.7. The number of methoxy groups -OCH3 is 3. The van der Waals surface area contributed by atoms with E-state index in [2.05, 4.69) is 32.1 Å². The van der Waals surface area contributed by atoms with E-state index in [-0.39, 0.29) is 24.0 Å². The number of nitrogens with one attached hydrogen (secondary N) is 1. The van der Waals surface area contributed by atoms with Gasteiger partial charge in [0.25, 0.3) is 0 Å². The fraction of sp³-hybridized carbons (Fsp3) is 0.571. The van der Waals surface area contributed by atoms with E-state index < -0.39 is 0 Å². The van der Waals surface area contributed by atoms with Gasteiger partial charge in [0.1, 0.15) is 18.7 Å². The molecule has 10 nitrogen and oxygen atoms in total. The number of hydrogen-bond acceptors (Lipinski definition) is 7. The molecule has 1 aliphatic heterocycles. The van der Waals surface area contributed by atoms with Gasteiger partial charge in [0.05, 0.1) is 21.3 Å². The topological polar surface area (TPSA) is 89.3 Å². The predicted octanol–water partition coefficient (Wildman–Crippen LogP) is 1.74. The molecular weight excluding hydrogens is 525 g/mol. The first-order chi connectivity index (χ1) is 15.1. The quantitative estimate of drug-likeness (QED) is 0.298. The molecule has 2 aromatic rings. The molecule has 0 unspecified atom stereocenters. The smallest absolute Gasteiger partial charge is 0.203 e. The maximum absolute atomic E-state index is 5.48. The number of halogens is 1. The van der Waals surface area contributed by atoms with Crippen LogP contribution in [0.25, 0.3) is 0 Å². The zero-order valence-corrected chi connectivity index (χ0v) is 21.8. The molecule has 2 heterocycles. The number of benzene rings is 1. The van der Waals surface area contributed by atoms with Crippen LogP contribution in [0.15, 0.2) is 23.5 Å². The monoisotopic (exact) mass is 559 g/mol. The minimum absolute atomic E-state index is 0. The summed E-state index contributed by atoms with van der Waals surface area (Å²) < 4.78 is 18.1. The molecule has 0 bridgehead atoms. The van der Waals surface area contributed by atoms with Gasteiger partial charge >= 0.3 is 0 Å². The van der Waals surface area contributed by atoms with Gasteiger partial charge in [0.2, 0.25) is 5.75 Å². The molecule has 1 aliphatic rings. The summed E-state index contributed by atoms with van der Waals surface area (Å²) >= 11 is 0. The SMILES string of the molecule is CCNC(=NCc1ncnn1C)N1CCN(Cc2cc(OC)c(OC)c(OC)c2)CC1.I. The van der Waals surface area contributed by atoms with Gasteiger partial charge in [-0.3, -0.25) is 9.58 Å². The van der Waals surface area contributed by atoms with Gasteiger partial charge in [-0.25, -0.2) is 9.98 Å². The number of nitrogens with zero attached hydrogens (tertiary/aromatic N) is 6. The molecule has 1 saturated heterocycles. The van der Waals surface area contributed by atoms with Crippen LogP contribution in [0.2, 0.25) is 0 Å². The highest BCUT2D eigenvalue weighted by molar-refractivity contribution is 14.0. The average molecular weight is 559 g/mol. The van der Waals surface area contributed by atoms with Crippen LogP contribution in [0.5, 0.6) is 17.2 Å². The van der Waals surface area contributed by atoms with Crippen molar-refractivity contribution in [1.29, 1.82) is 0 Å². The molecule has 1 aromatic carbocycles. The molecule has 0 spiro atoms. The molecule has 178 valence electrons. The Morgan fingerprint density at radius 3 is 2.22 bits per heavy atom. The molecule has 0 atom stereocenters. The van der Waals surface area contributed by atoms with Gasteiger partial charge in [-0.15, -0.1) is 24.0 Å². The number of ether oxygens (including phenoxy) is 3. The largest absolute Gasteiger partial charge is 0.493 e. The van der Waals surface area contributed by atoms with Gasteiger partial charge in [-0.2, -0.15) is 5.10 Å². The van der Waals surface area contributed by atoms with Crippen LogP contribution in [-0.4, -0.2) is 84.6 Å². The normalized spacial score (nSPS) is 14.7. The fourth-order valence-corrected chi connectivity index (χ4v) is 3.64. The van der Waals surface area contributed by atoms with Crippen molar-refractivity contribution >= 4 is 29.9 Å². The number of aryl methyl sites for hydroxylation is 1. The van der Waals surface area contributed by atoms with Crippen molar-refractivity contribution in [3.63, 3.8) is 0 Å². The van der Waals surface area contributed by atoms with E-state index >= 15 is 0 Å². The van der Waals surface area contributed by atoms with Gasteiger partial charge in [0, 0.05) is 46.3 Å². The lowest BCUT2D eigenvalue weighted by atomic mass is 10.1. The summed E-state index contributed by atoms with van der Waals surface area (Å²) in [7, 11) is 6.78. The Labute approximate surface area is 207 Å². The van der Waals surface area contributed by atoms with Crippen molar-refractivity contribution in [3.05, 3.63) is 29.8 Å². The Balaban J connectivity index is 0.00000363. The lowest BCUT2D eigenvalue weighted by Crippen LogP contribution is -2.52. The summed E-state index contributed by atoms with van der Waals surface area (Å²) in [6, 6.07) is 4.03. The van der Waals surface area contributed by atoms with Gasteiger partial charge < -0.3 is 24.4 Å². The van der Waals surface area contributed by atoms with Crippen LogP contribution in [0.3, 0.4) is 0 Å². The molecule has 32 heavy (non-hydrogen) atoms. The van der Waals surface area contributed by atoms with Crippen LogP contribution in [0.4, 0.5) is 0 Å². The highest BCUT2D eigenvalue weighted by Gasteiger charge is 2.21. The first-order valence-electron chi connectivity index (χ1n) is 10.5. The highest BCUT2D eigenvalue weighted by atomic mass is 127. The number of hydrogen-bond donors (Lipinski definition) is 1. The Morgan fingerprint density at radius 1 is 1.06 bits per heavy atom. The van der Waals surface area contributed by atoms with Crippen molar-refractivity contribution in [2.75, 3.05) is 54.1 Å². The molecule has 0 saturated carbocycles. The van der Waals surface area contributed by atoms with E-state index in [0.29, 0.717) is 23.8 Å². The van der Waals surface area contributed by atoms with Crippen LogP contribution in [-0.2, 0) is 20.1 Å². The Bertz CT molecular complexity index is 857. The number of piperazine rings is 1. The average Bonchev–Trinajstić information content (AvgIpc) is 3.21. The molecule has 1 N–H and O–H groups in total. The van der Waals surface area contributed by atoms with Crippen LogP contribution in [0.1, 0.15) is 18.3 Å². The maximum atomic E-state index is 5.48. The summed E-state index contributed by atoms with van der Waals surface area (Å²) in [5, 5.41) is 7.50. The standard InChI is InChI=1S/C21H33N7O3.HI/c1-6-22-21(23-13-19-24-15-25-26(19)2)28-9-7-27(8-10-28)14-16-11-17(29-3)20(31-5)18(12-16)30-4;/h11-12,15H,6-10,13-14H2,1-5H3,(H,22,23);1H. The predicted molar refractivity (Wildman–Crippen MR) is 134 cm³/mol. The van der Waals surface area contributed by atoms with Gasteiger partial charge in [-0.05, 0) is 24.6 Å². The van der Waals surface area contributed by atoms with Crippen molar-refractivity contribution in [2.45, 2.75) is 20.0 Å². The second-order valence-corrected chi connectivity index (χ2v) is 7.27. The van der Waals surface area contributed by atoms with E-state index in [1.54, 1.807) is 32.3 Å². The molecule has 0 amide bonds. The van der Waals surface area contributed by atoms with Gasteiger partial charge in [0.15, 0.2) is 17.5 Å². The third-order valence-corrected chi connectivity index (χ3v) is 5.31. The first-order valence-corrected chi connectivity index (χ1v) is 10.5. The lowest BCUT2D eigenvalue weighted by molar-refractivity contribution is 0.172. The van der Waals surface area contributed by atoms with Crippen molar-refractivity contribution in [1.82, 2.24) is 29.9 Å². The molecular formula is C21H34IN7O3. The van der Waals surface area contributed by atoms with E-state index in [9.17, 15) is 0 Å². The Morgan fingerprint density at radius 2 is 1.72 bits per heavy atom. The third kappa shape index (κ3) is 6.37. The van der Waals surface area contributed by atoms with Crippen LogP contribution in [0, 0.1) is 0 Å². The lowest BCUT2D eigenvalue weighted by Gasteiger charge is -2.36. The molecule has 0 aliphatic carbocycles. The molecule has 11 heteroatoms. The number of guanidine groups is 1. The van der Waals surface area contributed by atoms with Crippen LogP contribution < -0.4 is 19.5 Å². The molecule has 3 rings (SSSR count). The second kappa shape index (κ2) is 12.7. The van der Waals surface area contributed by atoms with E-state index in [0.717, 1.165) is 56.6 Å². The third-order valence-electron chi connectivity index (χ3n) is 5.31. The number of aliphatic imine (C=N–C) groups is 1. The summed E-state index contributed by atoms with van der Waals surface area (Å²) in [6.07, 6.45) is 1.56. The molecule has 1 fully saturated rings. The van der Waals surface area contributed by atoms with Crippen molar-refractivity contribution in [2.24, 2.45) is 12.0 Å². The van der Waals surface area contributed by atoms with E-state index in [1.807, 2.05) is 19.2 Å². The van der Waals surface area contributed by atoms with Crippen molar-refractivity contribution < 1.29 is 14.2 Å². The highest BCUT2D eigenvalue weighted by Crippen LogP contribution is 2.38. The fourth-order valence-electron chi connectivity index (χ4n) is 3.64. The summed E-state index contributed by atoms with van der Waals surface area (Å²) in [6.45, 7) is 7.89. The summed E-state index contributed by atoms with van der Waals surface area (Å²) in [5.41, 5.74) is 1.13. The van der Waals surface area contributed by atoms with E-state index in [1.165, 1.54) is 0 Å². The molecule has 1 aromatic heterocycles. The maximum Gasteiger partial charge on any atom is 0.203 e. The second-order valence-electron chi connectivity index (χ2n) is 7.27. The van der Waals surface area contributed by atoms with Crippen LogP contribution >= 0.6 is 24.0 Å². The zero-order valence-electron chi connectivity index (χ0n) is 19.5. The minimum atomic E-state index is 0. The van der Waals surface area contributed by atoms with Crippen molar-refractivity contribution in [3.8, 4) is 17.2 Å². The zero-order chi connectivity index (χ0) is 22.2. The Hall–Kier alpha value is -2.28. The summed E-state index contributed by atoms with van der Waals surface area (Å²) in [5.74, 6) is 3.74. The minimum Gasteiger partial charge on any atom is -0.493 e. The van der Waals surface area contributed by atoms with E-state index in [4.69, 9.17) is 19.2 Å². The van der Waals surface area contributed by atoms with Gasteiger partial charge in [-0.1, -0.05) is 0 Å². The first kappa shape index (κ1) is 26.0. The Kier molecular flexibility index (Phi) is 10.3.